The molecule has 2 radical (unpaired) electrons. The second-order valence-corrected chi connectivity index (χ2v) is 4.59. The summed E-state index contributed by atoms with van der Waals surface area (Å²) in [6.07, 6.45) is 0.182. The molecule has 1 saturated heterocycles. The molecule has 0 unspecified atom stereocenters. The van der Waals surface area contributed by atoms with Gasteiger partial charge in [-0.3, -0.25) is 19.7 Å². The zero-order chi connectivity index (χ0) is 14.4. The maximum atomic E-state index is 13.6. The highest BCUT2D eigenvalue weighted by Crippen LogP contribution is 2.26. The molecule has 0 bridgehead atoms. The number of aryl methyl sites for hydroxylation is 1. The van der Waals surface area contributed by atoms with Crippen LogP contribution < -0.4 is 15.7 Å². The third-order valence-corrected chi connectivity index (χ3v) is 3.26. The first kappa shape index (κ1) is 12.6. The first-order valence-electron chi connectivity index (χ1n) is 6.00. The van der Waals surface area contributed by atoms with E-state index in [1.165, 1.54) is 21.7 Å². The van der Waals surface area contributed by atoms with Gasteiger partial charge in [0.1, 0.15) is 13.7 Å². The third kappa shape index (κ3) is 1.84. The number of carbonyl (C=O) groups is 2. The lowest BCUT2D eigenvalue weighted by atomic mass is 9.94. The standard InChI is InChI=1S/C12H10BFN4O2/c1-17-9-5-7(13)8(14)4-6(9)11(16-17)18-3-2-10(19)15-12(18)20/h4-5H,2-3H2,1H3,(H,15,19,20). The van der Waals surface area contributed by atoms with Crippen LogP contribution in [0, 0.1) is 5.82 Å². The third-order valence-electron chi connectivity index (χ3n) is 3.26. The van der Waals surface area contributed by atoms with Crippen LogP contribution in [0.4, 0.5) is 15.0 Å². The molecular weight excluding hydrogens is 262 g/mol. The highest BCUT2D eigenvalue weighted by Gasteiger charge is 2.28. The zero-order valence-electron chi connectivity index (χ0n) is 10.7. The lowest BCUT2D eigenvalue weighted by molar-refractivity contribution is -0.120. The van der Waals surface area contributed by atoms with Crippen LogP contribution >= 0.6 is 0 Å². The molecule has 1 aromatic carbocycles. The number of urea groups is 1. The SMILES string of the molecule is [B]c1cc2c(cc1F)c(N1CCC(=O)NC1=O)nn2C. The Hall–Kier alpha value is -2.38. The smallest absolute Gasteiger partial charge is 0.278 e. The molecule has 0 aliphatic carbocycles. The molecule has 100 valence electrons. The summed E-state index contributed by atoms with van der Waals surface area (Å²) < 4.78 is 15.1. The monoisotopic (exact) mass is 272 g/mol. The lowest BCUT2D eigenvalue weighted by Gasteiger charge is -2.24. The summed E-state index contributed by atoms with van der Waals surface area (Å²) in [5.41, 5.74) is 0.633. The normalized spacial score (nSPS) is 15.8. The number of nitrogens with zero attached hydrogens (tertiary/aromatic N) is 3. The molecule has 0 spiro atoms. The Kier molecular flexibility index (Phi) is 2.74. The molecule has 3 amide bonds. The van der Waals surface area contributed by atoms with Crippen molar-refractivity contribution < 1.29 is 14.0 Å². The lowest BCUT2D eigenvalue weighted by Crippen LogP contribution is -2.49. The number of anilines is 1. The average molecular weight is 272 g/mol. The molecular formula is C12H10BFN4O2. The number of imide groups is 1. The number of fused-ring (bicyclic) bond motifs is 1. The minimum Gasteiger partial charge on any atom is -0.278 e. The van der Waals surface area contributed by atoms with Crippen molar-refractivity contribution in [3.63, 3.8) is 0 Å². The number of carbonyl (C=O) groups excluding carboxylic acids is 2. The maximum absolute atomic E-state index is 13.6. The average Bonchev–Trinajstić information content (AvgIpc) is 2.67. The molecule has 20 heavy (non-hydrogen) atoms. The summed E-state index contributed by atoms with van der Waals surface area (Å²) in [4.78, 5) is 24.3. The number of nitrogens with one attached hydrogen (secondary N) is 1. The highest BCUT2D eigenvalue weighted by molar-refractivity contribution is 6.33. The van der Waals surface area contributed by atoms with Crippen molar-refractivity contribution >= 4 is 42.0 Å². The molecule has 6 nitrogen and oxygen atoms in total. The Morgan fingerprint density at radius 1 is 1.40 bits per heavy atom. The number of amides is 3. The van der Waals surface area contributed by atoms with E-state index < -0.39 is 11.8 Å². The number of rotatable bonds is 1. The van der Waals surface area contributed by atoms with Crippen molar-refractivity contribution in [1.29, 1.82) is 0 Å². The van der Waals surface area contributed by atoms with Gasteiger partial charge in [-0.15, -0.1) is 0 Å². The Morgan fingerprint density at radius 2 is 2.15 bits per heavy atom. The molecule has 1 aliphatic heterocycles. The summed E-state index contributed by atoms with van der Waals surface area (Å²) in [6.45, 7) is 0.211. The van der Waals surface area contributed by atoms with Crippen LogP contribution in [0.1, 0.15) is 6.42 Å². The van der Waals surface area contributed by atoms with Gasteiger partial charge in [0.2, 0.25) is 5.91 Å². The number of hydrogen-bond acceptors (Lipinski definition) is 3. The van der Waals surface area contributed by atoms with E-state index in [2.05, 4.69) is 10.4 Å². The van der Waals surface area contributed by atoms with E-state index in [0.717, 1.165) is 0 Å². The van der Waals surface area contributed by atoms with Crippen molar-refractivity contribution in [2.24, 2.45) is 7.05 Å². The van der Waals surface area contributed by atoms with Crippen molar-refractivity contribution in [3.8, 4) is 0 Å². The summed E-state index contributed by atoms with van der Waals surface area (Å²) in [5.74, 6) is -0.589. The van der Waals surface area contributed by atoms with Gasteiger partial charge in [-0.1, -0.05) is 5.46 Å². The van der Waals surface area contributed by atoms with Crippen molar-refractivity contribution in [2.45, 2.75) is 6.42 Å². The fourth-order valence-corrected chi connectivity index (χ4v) is 2.24. The minimum atomic E-state index is -0.569. The minimum absolute atomic E-state index is 0.0188. The van der Waals surface area contributed by atoms with Crippen LogP contribution in [0.5, 0.6) is 0 Å². The summed E-state index contributed by atoms with van der Waals surface area (Å²) >= 11 is 0. The number of aromatic nitrogens is 2. The van der Waals surface area contributed by atoms with Gasteiger partial charge in [0.25, 0.3) is 0 Å². The Balaban J connectivity index is 2.14. The van der Waals surface area contributed by atoms with Gasteiger partial charge >= 0.3 is 6.03 Å². The van der Waals surface area contributed by atoms with E-state index in [9.17, 15) is 14.0 Å². The van der Waals surface area contributed by atoms with Crippen LogP contribution in [0.2, 0.25) is 0 Å². The molecule has 2 aromatic rings. The van der Waals surface area contributed by atoms with Crippen molar-refractivity contribution in [2.75, 3.05) is 11.4 Å². The van der Waals surface area contributed by atoms with Crippen LogP contribution in [0.25, 0.3) is 10.9 Å². The first-order chi connectivity index (χ1) is 9.47. The van der Waals surface area contributed by atoms with Gasteiger partial charge in [-0.2, -0.15) is 5.10 Å². The van der Waals surface area contributed by atoms with E-state index in [4.69, 9.17) is 7.85 Å². The van der Waals surface area contributed by atoms with Gasteiger partial charge in [-0.25, -0.2) is 9.18 Å². The fraction of sp³-hybridized carbons (Fsp3) is 0.250. The topological polar surface area (TPSA) is 67.2 Å². The number of benzene rings is 1. The van der Waals surface area contributed by atoms with Crippen molar-refractivity contribution in [3.05, 3.63) is 17.9 Å². The fourth-order valence-electron chi connectivity index (χ4n) is 2.24. The largest absolute Gasteiger partial charge is 0.329 e. The van der Waals surface area contributed by atoms with Crippen LogP contribution in [-0.4, -0.2) is 36.1 Å². The van der Waals surface area contributed by atoms with E-state index in [1.807, 2.05) is 0 Å². The summed E-state index contributed by atoms with van der Waals surface area (Å²) in [5, 5.41) is 6.90. The van der Waals surface area contributed by atoms with Crippen LogP contribution in [-0.2, 0) is 11.8 Å². The van der Waals surface area contributed by atoms with Crippen LogP contribution in [0.3, 0.4) is 0 Å². The predicted molar refractivity (Wildman–Crippen MR) is 71.6 cm³/mol. The van der Waals surface area contributed by atoms with Crippen molar-refractivity contribution in [1.82, 2.24) is 15.1 Å². The molecule has 1 aliphatic rings. The van der Waals surface area contributed by atoms with Gasteiger partial charge in [0, 0.05) is 25.4 Å². The molecule has 2 heterocycles. The van der Waals surface area contributed by atoms with Gasteiger partial charge in [-0.05, 0) is 12.1 Å². The second-order valence-electron chi connectivity index (χ2n) is 4.59. The molecule has 1 fully saturated rings. The Labute approximate surface area is 114 Å². The molecule has 0 saturated carbocycles. The van der Waals surface area contributed by atoms with Gasteiger partial charge < -0.3 is 0 Å². The maximum Gasteiger partial charge on any atom is 0.329 e. The highest BCUT2D eigenvalue weighted by atomic mass is 19.1. The molecule has 1 aromatic heterocycles. The number of halogens is 1. The zero-order valence-corrected chi connectivity index (χ0v) is 10.7. The van der Waals surface area contributed by atoms with Gasteiger partial charge in [0.15, 0.2) is 5.82 Å². The first-order valence-corrected chi connectivity index (χ1v) is 6.00. The van der Waals surface area contributed by atoms with E-state index in [0.29, 0.717) is 16.7 Å². The number of hydrogen-bond donors (Lipinski definition) is 1. The summed E-state index contributed by atoms with van der Waals surface area (Å²) in [7, 11) is 7.21. The molecule has 8 heteroatoms. The second kappa shape index (κ2) is 4.33. The van der Waals surface area contributed by atoms with E-state index in [-0.39, 0.29) is 24.3 Å². The van der Waals surface area contributed by atoms with E-state index >= 15 is 0 Å². The molecule has 0 atom stereocenters. The Bertz CT molecular complexity index is 743. The predicted octanol–water partition coefficient (Wildman–Crippen LogP) is -0.0475. The van der Waals surface area contributed by atoms with E-state index in [1.54, 1.807) is 7.05 Å². The quantitative estimate of drug-likeness (QED) is 0.740. The molecule has 3 rings (SSSR count). The Morgan fingerprint density at radius 3 is 2.85 bits per heavy atom. The van der Waals surface area contributed by atoms with Crippen LogP contribution in [0.15, 0.2) is 12.1 Å². The summed E-state index contributed by atoms with van der Waals surface area (Å²) in [6, 6.07) is 2.16. The molecule has 1 N–H and O–H groups in total. The van der Waals surface area contributed by atoms with Gasteiger partial charge in [0.05, 0.1) is 5.52 Å².